The topological polar surface area (TPSA) is 81.7 Å². The Balaban J connectivity index is 2.40. The average molecular weight is 353 g/mol. The van der Waals surface area contributed by atoms with Crippen molar-refractivity contribution < 1.29 is 23.9 Å². The fraction of sp³-hybridized carbons (Fsp3) is 0.150. The molecule has 6 nitrogen and oxygen atoms in total. The zero-order valence-corrected chi connectivity index (χ0v) is 14.7. The first-order valence-corrected chi connectivity index (χ1v) is 7.81. The number of benzene rings is 2. The minimum absolute atomic E-state index is 0.136. The van der Waals surface area contributed by atoms with Gasteiger partial charge in [0.25, 0.3) is 0 Å². The van der Waals surface area contributed by atoms with Gasteiger partial charge in [-0.3, -0.25) is 4.79 Å². The summed E-state index contributed by atoms with van der Waals surface area (Å²) in [4.78, 5) is 36.2. The van der Waals surface area contributed by atoms with E-state index in [1.54, 1.807) is 36.4 Å². The Morgan fingerprint density at radius 3 is 2.19 bits per heavy atom. The van der Waals surface area contributed by atoms with Crippen LogP contribution in [0.15, 0.2) is 60.3 Å². The Morgan fingerprint density at radius 2 is 1.58 bits per heavy atom. The molecule has 0 aliphatic heterocycles. The summed E-state index contributed by atoms with van der Waals surface area (Å²) >= 11 is 0. The Kier molecular flexibility index (Phi) is 6.27. The van der Waals surface area contributed by atoms with Crippen molar-refractivity contribution in [2.24, 2.45) is 0 Å². The number of nitrogens with one attached hydrogen (secondary N) is 1. The van der Waals surface area contributed by atoms with Gasteiger partial charge in [0, 0.05) is 16.8 Å². The molecule has 0 atom stereocenters. The van der Waals surface area contributed by atoms with E-state index in [1.807, 2.05) is 19.1 Å². The first-order valence-electron chi connectivity index (χ1n) is 7.81. The van der Waals surface area contributed by atoms with Crippen LogP contribution in [0.3, 0.4) is 0 Å². The maximum Gasteiger partial charge on any atom is 0.354 e. The molecule has 0 amide bonds. The van der Waals surface area contributed by atoms with Gasteiger partial charge in [0.15, 0.2) is 5.78 Å². The molecule has 0 radical (unpaired) electrons. The standard InChI is InChI=1S/C20H19NO5/c1-13-8-10-14(11-9-13)19(23)15-6-4-5-7-16(15)21-17(20(24)26-3)12-18(22)25-2/h4-12,21H,1-3H3/b17-12+. The van der Waals surface area contributed by atoms with E-state index in [-0.39, 0.29) is 11.5 Å². The van der Waals surface area contributed by atoms with Crippen LogP contribution in [-0.2, 0) is 19.1 Å². The van der Waals surface area contributed by atoms with Crippen LogP contribution in [0.2, 0.25) is 0 Å². The number of esters is 2. The summed E-state index contributed by atoms with van der Waals surface area (Å²) < 4.78 is 9.21. The molecular weight excluding hydrogens is 334 g/mol. The van der Waals surface area contributed by atoms with E-state index in [9.17, 15) is 14.4 Å². The molecule has 0 saturated heterocycles. The molecule has 6 heteroatoms. The van der Waals surface area contributed by atoms with E-state index < -0.39 is 11.9 Å². The van der Waals surface area contributed by atoms with Crippen LogP contribution in [0.25, 0.3) is 0 Å². The van der Waals surface area contributed by atoms with Gasteiger partial charge in [0.2, 0.25) is 0 Å². The molecule has 0 saturated carbocycles. The molecule has 0 aliphatic rings. The predicted molar refractivity (Wildman–Crippen MR) is 96.8 cm³/mol. The summed E-state index contributed by atoms with van der Waals surface area (Å²) in [5, 5.41) is 2.79. The van der Waals surface area contributed by atoms with Crippen molar-refractivity contribution in [1.29, 1.82) is 0 Å². The molecule has 0 unspecified atom stereocenters. The number of carbonyl (C=O) groups is 3. The Bertz CT molecular complexity index is 853. The van der Waals surface area contributed by atoms with Crippen molar-refractivity contribution in [3.63, 3.8) is 0 Å². The lowest BCUT2D eigenvalue weighted by atomic mass is 10.0. The number of aryl methyl sites for hydroxylation is 1. The highest BCUT2D eigenvalue weighted by Gasteiger charge is 2.18. The number of para-hydroxylation sites is 1. The molecule has 2 rings (SSSR count). The van der Waals surface area contributed by atoms with Crippen molar-refractivity contribution in [2.75, 3.05) is 19.5 Å². The lowest BCUT2D eigenvalue weighted by molar-refractivity contribution is -0.138. The second-order valence-corrected chi connectivity index (χ2v) is 5.44. The van der Waals surface area contributed by atoms with Crippen molar-refractivity contribution in [3.8, 4) is 0 Å². The lowest BCUT2D eigenvalue weighted by Crippen LogP contribution is -2.17. The van der Waals surface area contributed by atoms with E-state index in [0.717, 1.165) is 11.6 Å². The average Bonchev–Trinajstić information content (AvgIpc) is 2.67. The quantitative estimate of drug-likeness (QED) is 0.489. The third-order valence-corrected chi connectivity index (χ3v) is 3.62. The van der Waals surface area contributed by atoms with E-state index in [4.69, 9.17) is 0 Å². The smallest absolute Gasteiger partial charge is 0.354 e. The zero-order valence-electron chi connectivity index (χ0n) is 14.7. The SMILES string of the molecule is COC(=O)/C=C(/Nc1ccccc1C(=O)c1ccc(C)cc1)C(=O)OC. The highest BCUT2D eigenvalue weighted by atomic mass is 16.5. The van der Waals surface area contributed by atoms with Crippen LogP contribution in [-0.4, -0.2) is 31.9 Å². The minimum Gasteiger partial charge on any atom is -0.466 e. The summed E-state index contributed by atoms with van der Waals surface area (Å²) in [5.41, 5.74) is 2.15. The molecule has 1 N–H and O–H groups in total. The van der Waals surface area contributed by atoms with Crippen LogP contribution in [0.1, 0.15) is 21.5 Å². The van der Waals surface area contributed by atoms with Crippen LogP contribution >= 0.6 is 0 Å². The largest absolute Gasteiger partial charge is 0.466 e. The molecular formula is C20H19NO5. The monoisotopic (exact) mass is 353 g/mol. The molecule has 0 fully saturated rings. The lowest BCUT2D eigenvalue weighted by Gasteiger charge is -2.13. The molecule has 0 aliphatic carbocycles. The van der Waals surface area contributed by atoms with Crippen molar-refractivity contribution >= 4 is 23.4 Å². The maximum atomic E-state index is 12.8. The Hall–Kier alpha value is -3.41. The van der Waals surface area contributed by atoms with Gasteiger partial charge in [0.05, 0.1) is 20.3 Å². The zero-order chi connectivity index (χ0) is 19.1. The number of ketones is 1. The van der Waals surface area contributed by atoms with Gasteiger partial charge in [0.1, 0.15) is 5.70 Å². The molecule has 0 bridgehead atoms. The fourth-order valence-corrected chi connectivity index (χ4v) is 2.23. The van der Waals surface area contributed by atoms with E-state index >= 15 is 0 Å². The summed E-state index contributed by atoms with van der Waals surface area (Å²) in [5.74, 6) is -1.69. The highest BCUT2D eigenvalue weighted by molar-refractivity contribution is 6.13. The number of rotatable bonds is 6. The number of methoxy groups -OCH3 is 2. The van der Waals surface area contributed by atoms with E-state index in [1.165, 1.54) is 14.2 Å². The van der Waals surface area contributed by atoms with E-state index in [2.05, 4.69) is 14.8 Å². The second-order valence-electron chi connectivity index (χ2n) is 5.44. The maximum absolute atomic E-state index is 12.8. The second kappa shape index (κ2) is 8.62. The van der Waals surface area contributed by atoms with Crippen LogP contribution in [0.4, 0.5) is 5.69 Å². The van der Waals surface area contributed by atoms with Crippen molar-refractivity contribution in [2.45, 2.75) is 6.92 Å². The summed E-state index contributed by atoms with van der Waals surface area (Å²) in [6.45, 7) is 1.93. The van der Waals surface area contributed by atoms with Gasteiger partial charge in [-0.1, -0.05) is 42.0 Å². The van der Waals surface area contributed by atoms with Crippen molar-refractivity contribution in [1.82, 2.24) is 0 Å². The summed E-state index contributed by atoms with van der Waals surface area (Å²) in [6, 6.07) is 13.9. The molecule has 26 heavy (non-hydrogen) atoms. The molecule has 0 heterocycles. The van der Waals surface area contributed by atoms with Gasteiger partial charge >= 0.3 is 11.9 Å². The Labute approximate surface area is 151 Å². The van der Waals surface area contributed by atoms with Gasteiger partial charge in [-0.25, -0.2) is 9.59 Å². The summed E-state index contributed by atoms with van der Waals surface area (Å²) in [6.07, 6.45) is 0.971. The van der Waals surface area contributed by atoms with Crippen molar-refractivity contribution in [3.05, 3.63) is 77.0 Å². The number of hydrogen-bond donors (Lipinski definition) is 1. The summed E-state index contributed by atoms with van der Waals surface area (Å²) in [7, 11) is 2.39. The number of hydrogen-bond acceptors (Lipinski definition) is 6. The van der Waals surface area contributed by atoms with Crippen LogP contribution < -0.4 is 5.32 Å². The fourth-order valence-electron chi connectivity index (χ4n) is 2.23. The Morgan fingerprint density at radius 1 is 0.923 bits per heavy atom. The number of anilines is 1. The molecule has 0 aromatic heterocycles. The minimum atomic E-state index is -0.756. The van der Waals surface area contributed by atoms with Crippen LogP contribution in [0.5, 0.6) is 0 Å². The first kappa shape index (κ1) is 18.9. The normalized spacial score (nSPS) is 10.8. The number of ether oxygens (including phenoxy) is 2. The van der Waals surface area contributed by atoms with Gasteiger partial charge in [-0.2, -0.15) is 0 Å². The van der Waals surface area contributed by atoms with Gasteiger partial charge < -0.3 is 14.8 Å². The van der Waals surface area contributed by atoms with Gasteiger partial charge in [-0.05, 0) is 19.1 Å². The van der Waals surface area contributed by atoms with E-state index in [0.29, 0.717) is 16.8 Å². The molecule has 134 valence electrons. The third-order valence-electron chi connectivity index (χ3n) is 3.62. The number of carbonyl (C=O) groups excluding carboxylic acids is 3. The highest BCUT2D eigenvalue weighted by Crippen LogP contribution is 2.21. The molecule has 2 aromatic carbocycles. The van der Waals surface area contributed by atoms with Crippen LogP contribution in [0, 0.1) is 6.92 Å². The molecule has 0 spiro atoms. The molecule has 2 aromatic rings. The van der Waals surface area contributed by atoms with Gasteiger partial charge in [-0.15, -0.1) is 0 Å². The third kappa shape index (κ3) is 4.57. The predicted octanol–water partition coefficient (Wildman–Crippen LogP) is 2.87. The first-order chi connectivity index (χ1) is 12.5.